The van der Waals surface area contributed by atoms with Crippen LogP contribution < -0.4 is 5.73 Å². The van der Waals surface area contributed by atoms with Crippen molar-refractivity contribution >= 4 is 5.52 Å². The molecule has 3 rings (SSSR count). The third kappa shape index (κ3) is 2.22. The Labute approximate surface area is 111 Å². The first-order valence-corrected chi connectivity index (χ1v) is 6.37. The molecule has 3 heterocycles. The van der Waals surface area contributed by atoms with Crippen molar-refractivity contribution in [2.75, 3.05) is 0 Å². The number of rotatable bonds is 3. The van der Waals surface area contributed by atoms with Gasteiger partial charge in [-0.2, -0.15) is 0 Å². The van der Waals surface area contributed by atoms with Gasteiger partial charge in [0, 0.05) is 36.6 Å². The van der Waals surface area contributed by atoms with Crippen molar-refractivity contribution in [2.24, 2.45) is 5.73 Å². The number of nitrogens with zero attached hydrogens (tertiary/aromatic N) is 3. The highest BCUT2D eigenvalue weighted by molar-refractivity contribution is 5.64. The summed E-state index contributed by atoms with van der Waals surface area (Å²) in [6.07, 6.45) is 6.39. The van der Waals surface area contributed by atoms with E-state index in [0.29, 0.717) is 0 Å². The monoisotopic (exact) mass is 252 g/mol. The van der Waals surface area contributed by atoms with Gasteiger partial charge in [0.2, 0.25) is 0 Å². The van der Waals surface area contributed by atoms with Gasteiger partial charge in [-0.15, -0.1) is 0 Å². The Bertz CT molecular complexity index is 686. The van der Waals surface area contributed by atoms with E-state index in [1.165, 1.54) is 0 Å². The first-order chi connectivity index (χ1) is 9.25. The van der Waals surface area contributed by atoms with E-state index in [9.17, 15) is 0 Å². The summed E-state index contributed by atoms with van der Waals surface area (Å²) in [4.78, 5) is 8.90. The minimum absolute atomic E-state index is 0.0978. The van der Waals surface area contributed by atoms with Gasteiger partial charge >= 0.3 is 0 Å². The molecule has 0 fully saturated rings. The van der Waals surface area contributed by atoms with Gasteiger partial charge in [0.05, 0.1) is 11.2 Å². The lowest BCUT2D eigenvalue weighted by molar-refractivity contribution is 0.729. The molecule has 0 aliphatic heterocycles. The standard InChI is InChI=1S/C15H16N4/c1-11(16)9-13-14-6-2-3-8-19(14)15(18-13)12-5-4-7-17-10-12/h2-8,10-11H,9,16H2,1H3. The van der Waals surface area contributed by atoms with Gasteiger partial charge in [-0.25, -0.2) is 4.98 Å². The van der Waals surface area contributed by atoms with Crippen molar-refractivity contribution in [1.29, 1.82) is 0 Å². The summed E-state index contributed by atoms with van der Waals surface area (Å²) in [6.45, 7) is 2.00. The molecule has 2 N–H and O–H groups in total. The van der Waals surface area contributed by atoms with Crippen LogP contribution in [0.5, 0.6) is 0 Å². The maximum Gasteiger partial charge on any atom is 0.146 e. The van der Waals surface area contributed by atoms with E-state index in [1.54, 1.807) is 6.20 Å². The average Bonchev–Trinajstić information content (AvgIpc) is 2.78. The van der Waals surface area contributed by atoms with Crippen molar-refractivity contribution in [1.82, 2.24) is 14.4 Å². The van der Waals surface area contributed by atoms with Crippen LogP contribution in [0.3, 0.4) is 0 Å². The maximum absolute atomic E-state index is 5.90. The molecule has 96 valence electrons. The third-order valence-corrected chi connectivity index (χ3v) is 3.06. The first-order valence-electron chi connectivity index (χ1n) is 6.37. The van der Waals surface area contributed by atoms with E-state index in [2.05, 4.69) is 15.5 Å². The number of fused-ring (bicyclic) bond motifs is 1. The zero-order chi connectivity index (χ0) is 13.2. The summed E-state index contributed by atoms with van der Waals surface area (Å²) in [7, 11) is 0. The molecule has 1 unspecified atom stereocenters. The van der Waals surface area contributed by atoms with E-state index < -0.39 is 0 Å². The second kappa shape index (κ2) is 4.82. The molecule has 0 spiro atoms. The van der Waals surface area contributed by atoms with Crippen LogP contribution in [0, 0.1) is 0 Å². The van der Waals surface area contributed by atoms with Crippen LogP contribution >= 0.6 is 0 Å². The highest BCUT2D eigenvalue weighted by atomic mass is 15.0. The SMILES string of the molecule is CC(N)Cc1nc(-c2cccnc2)n2ccccc12. The highest BCUT2D eigenvalue weighted by Crippen LogP contribution is 2.22. The second-order valence-corrected chi connectivity index (χ2v) is 4.76. The van der Waals surface area contributed by atoms with Crippen molar-refractivity contribution in [3.8, 4) is 11.4 Å². The predicted octanol–water partition coefficient (Wildman–Crippen LogP) is 2.29. The van der Waals surface area contributed by atoms with Crippen LogP contribution in [0.2, 0.25) is 0 Å². The summed E-state index contributed by atoms with van der Waals surface area (Å²) in [5, 5.41) is 0. The van der Waals surface area contributed by atoms with Crippen molar-refractivity contribution in [3.63, 3.8) is 0 Å². The molecule has 0 saturated heterocycles. The highest BCUT2D eigenvalue weighted by Gasteiger charge is 2.13. The van der Waals surface area contributed by atoms with E-state index >= 15 is 0 Å². The third-order valence-electron chi connectivity index (χ3n) is 3.06. The molecular weight excluding hydrogens is 236 g/mol. The van der Waals surface area contributed by atoms with Gasteiger partial charge in [-0.3, -0.25) is 9.38 Å². The van der Waals surface area contributed by atoms with Crippen LogP contribution in [0.4, 0.5) is 0 Å². The molecule has 4 heteroatoms. The Morgan fingerprint density at radius 2 is 2.16 bits per heavy atom. The molecule has 1 atom stereocenters. The maximum atomic E-state index is 5.90. The Balaban J connectivity index is 2.20. The number of hydrogen-bond donors (Lipinski definition) is 1. The number of hydrogen-bond acceptors (Lipinski definition) is 3. The van der Waals surface area contributed by atoms with Crippen molar-refractivity contribution in [2.45, 2.75) is 19.4 Å². The lowest BCUT2D eigenvalue weighted by atomic mass is 10.2. The summed E-state index contributed by atoms with van der Waals surface area (Å²) >= 11 is 0. The van der Waals surface area contributed by atoms with E-state index in [-0.39, 0.29) is 6.04 Å². The molecule has 19 heavy (non-hydrogen) atoms. The Morgan fingerprint density at radius 3 is 2.89 bits per heavy atom. The molecule has 0 radical (unpaired) electrons. The minimum atomic E-state index is 0.0978. The lowest BCUT2D eigenvalue weighted by Gasteiger charge is -2.01. The van der Waals surface area contributed by atoms with E-state index in [0.717, 1.165) is 29.0 Å². The summed E-state index contributed by atoms with van der Waals surface area (Å²) in [5.41, 5.74) is 9.06. The topological polar surface area (TPSA) is 56.2 Å². The molecule has 0 bridgehead atoms. The first kappa shape index (κ1) is 11.9. The van der Waals surface area contributed by atoms with Crippen molar-refractivity contribution < 1.29 is 0 Å². The predicted molar refractivity (Wildman–Crippen MR) is 75.8 cm³/mol. The number of nitrogens with two attached hydrogens (primary N) is 1. The van der Waals surface area contributed by atoms with E-state index in [4.69, 9.17) is 10.7 Å². The fourth-order valence-electron chi connectivity index (χ4n) is 2.26. The lowest BCUT2D eigenvalue weighted by Crippen LogP contribution is -2.18. The van der Waals surface area contributed by atoms with Gasteiger partial charge < -0.3 is 5.73 Å². The quantitative estimate of drug-likeness (QED) is 0.778. The summed E-state index contributed by atoms with van der Waals surface area (Å²) in [6, 6.07) is 10.1. The van der Waals surface area contributed by atoms with Crippen LogP contribution in [0.1, 0.15) is 12.6 Å². The average molecular weight is 252 g/mol. The van der Waals surface area contributed by atoms with Gasteiger partial charge in [0.1, 0.15) is 5.82 Å². The molecule has 0 amide bonds. The number of imidazole rings is 1. The number of aromatic nitrogens is 3. The van der Waals surface area contributed by atoms with Gasteiger partial charge in [-0.1, -0.05) is 6.07 Å². The molecule has 0 aromatic carbocycles. The molecule has 0 aliphatic carbocycles. The van der Waals surface area contributed by atoms with Crippen molar-refractivity contribution in [3.05, 3.63) is 54.6 Å². The molecular formula is C15H16N4. The second-order valence-electron chi connectivity index (χ2n) is 4.76. The molecule has 3 aromatic heterocycles. The summed E-state index contributed by atoms with van der Waals surface area (Å²) in [5.74, 6) is 0.916. The van der Waals surface area contributed by atoms with Crippen LogP contribution in [-0.4, -0.2) is 20.4 Å². The fourth-order valence-corrected chi connectivity index (χ4v) is 2.26. The zero-order valence-corrected chi connectivity index (χ0v) is 10.8. The molecule has 0 aliphatic rings. The molecule has 4 nitrogen and oxygen atoms in total. The number of pyridine rings is 2. The fraction of sp³-hybridized carbons (Fsp3) is 0.200. The Hall–Kier alpha value is -2.20. The van der Waals surface area contributed by atoms with Gasteiger partial charge in [0.15, 0.2) is 0 Å². The van der Waals surface area contributed by atoms with Gasteiger partial charge in [0.25, 0.3) is 0 Å². The zero-order valence-electron chi connectivity index (χ0n) is 10.8. The molecule has 0 saturated carbocycles. The minimum Gasteiger partial charge on any atom is -0.328 e. The van der Waals surface area contributed by atoms with Crippen LogP contribution in [0.15, 0.2) is 48.9 Å². The smallest absolute Gasteiger partial charge is 0.146 e. The normalized spacial score (nSPS) is 12.7. The van der Waals surface area contributed by atoms with Crippen LogP contribution in [0.25, 0.3) is 16.9 Å². The largest absolute Gasteiger partial charge is 0.328 e. The van der Waals surface area contributed by atoms with E-state index in [1.807, 2.05) is 43.6 Å². The molecule has 3 aromatic rings. The summed E-state index contributed by atoms with van der Waals surface area (Å²) < 4.78 is 2.09. The van der Waals surface area contributed by atoms with Gasteiger partial charge in [-0.05, 0) is 31.2 Å². The Morgan fingerprint density at radius 1 is 1.26 bits per heavy atom. The van der Waals surface area contributed by atoms with Crippen LogP contribution in [-0.2, 0) is 6.42 Å². The Kier molecular flexibility index (Phi) is 3.01.